The van der Waals surface area contributed by atoms with Gasteiger partial charge in [0.1, 0.15) is 0 Å². The summed E-state index contributed by atoms with van der Waals surface area (Å²) in [5, 5.41) is 2.76. The van der Waals surface area contributed by atoms with E-state index in [-0.39, 0.29) is 18.3 Å². The summed E-state index contributed by atoms with van der Waals surface area (Å²) in [6.45, 7) is 4.62. The summed E-state index contributed by atoms with van der Waals surface area (Å²) < 4.78 is 5.18. The maximum Gasteiger partial charge on any atom is 0.224 e. The van der Waals surface area contributed by atoms with Crippen LogP contribution in [0.15, 0.2) is 36.9 Å². The summed E-state index contributed by atoms with van der Waals surface area (Å²) in [5.74, 6) is -0.0508. The van der Waals surface area contributed by atoms with Gasteiger partial charge in [-0.15, -0.1) is 19.0 Å². The van der Waals surface area contributed by atoms with E-state index in [2.05, 4.69) is 11.9 Å². The van der Waals surface area contributed by atoms with E-state index in [4.69, 9.17) is 10.5 Å². The molecule has 0 aromatic heterocycles. The van der Waals surface area contributed by atoms with Crippen molar-refractivity contribution in [1.29, 1.82) is 0 Å². The van der Waals surface area contributed by atoms with Gasteiger partial charge in [0.2, 0.25) is 5.91 Å². The first kappa shape index (κ1) is 16.5. The number of nitrogen functional groups attached to an aromatic ring is 1. The van der Waals surface area contributed by atoms with E-state index in [0.29, 0.717) is 37.4 Å². The Balaban J connectivity index is 0.00000289. The molecule has 0 heterocycles. The summed E-state index contributed by atoms with van der Waals surface area (Å²) in [5.41, 5.74) is 6.94. The van der Waals surface area contributed by atoms with Crippen LogP contribution in [-0.2, 0) is 9.53 Å². The van der Waals surface area contributed by atoms with Crippen LogP contribution in [-0.4, -0.2) is 19.1 Å². The molecule has 1 amide bonds. The van der Waals surface area contributed by atoms with Gasteiger partial charge in [-0.1, -0.05) is 18.2 Å². The number of ether oxygens (including phenoxy) is 1. The Bertz CT molecular complexity index is 383. The van der Waals surface area contributed by atoms with Crippen LogP contribution in [0.1, 0.15) is 12.8 Å². The largest absolute Gasteiger partial charge is 0.397 e. The van der Waals surface area contributed by atoms with Gasteiger partial charge in [0.25, 0.3) is 0 Å². The van der Waals surface area contributed by atoms with E-state index in [9.17, 15) is 4.79 Å². The lowest BCUT2D eigenvalue weighted by Crippen LogP contribution is -2.13. The van der Waals surface area contributed by atoms with Crippen molar-refractivity contribution in [1.82, 2.24) is 0 Å². The third-order valence-corrected chi connectivity index (χ3v) is 2.16. The summed E-state index contributed by atoms with van der Waals surface area (Å²) in [7, 11) is 0. The molecule has 0 spiro atoms. The number of hydrogen-bond acceptors (Lipinski definition) is 3. The van der Waals surface area contributed by atoms with Crippen LogP contribution in [0.25, 0.3) is 0 Å². The van der Waals surface area contributed by atoms with Gasteiger partial charge in [0.15, 0.2) is 0 Å². The predicted octanol–water partition coefficient (Wildman–Crippen LogP) is 2.61. The predicted molar refractivity (Wildman–Crippen MR) is 77.0 cm³/mol. The zero-order valence-electron chi connectivity index (χ0n) is 10.2. The molecule has 5 heteroatoms. The number of halogens is 1. The zero-order chi connectivity index (χ0) is 12.5. The number of benzene rings is 1. The fourth-order valence-electron chi connectivity index (χ4n) is 1.33. The average molecular weight is 271 g/mol. The van der Waals surface area contributed by atoms with Crippen molar-refractivity contribution >= 4 is 29.7 Å². The molecule has 1 aromatic carbocycles. The average Bonchev–Trinajstić information content (AvgIpc) is 2.32. The minimum absolute atomic E-state index is 0. The fraction of sp³-hybridized carbons (Fsp3) is 0.308. The van der Waals surface area contributed by atoms with Crippen molar-refractivity contribution < 1.29 is 9.53 Å². The monoisotopic (exact) mass is 270 g/mol. The number of rotatable bonds is 7. The van der Waals surface area contributed by atoms with E-state index in [1.807, 2.05) is 12.1 Å². The Labute approximate surface area is 114 Å². The highest BCUT2D eigenvalue weighted by Crippen LogP contribution is 2.16. The zero-order valence-corrected chi connectivity index (χ0v) is 11.0. The number of carbonyl (C=O) groups excluding carboxylic acids is 1. The highest BCUT2D eigenvalue weighted by Gasteiger charge is 2.03. The molecule has 0 unspecified atom stereocenters. The normalized spacial score (nSPS) is 9.33. The number of hydrogen-bond donors (Lipinski definition) is 2. The number of anilines is 2. The van der Waals surface area contributed by atoms with Crippen LogP contribution in [0, 0.1) is 0 Å². The molecule has 0 atom stereocenters. The molecule has 0 radical (unpaired) electrons. The number of nitrogens with one attached hydrogen (secondary N) is 1. The molecule has 0 saturated heterocycles. The first-order chi connectivity index (χ1) is 8.24. The van der Waals surface area contributed by atoms with Crippen molar-refractivity contribution in [2.45, 2.75) is 12.8 Å². The molecular weight excluding hydrogens is 252 g/mol. The Hall–Kier alpha value is -1.52. The molecule has 0 fully saturated rings. The van der Waals surface area contributed by atoms with Crippen molar-refractivity contribution in [3.05, 3.63) is 36.9 Å². The number of carbonyl (C=O) groups is 1. The second kappa shape index (κ2) is 9.50. The molecule has 0 aliphatic carbocycles. The van der Waals surface area contributed by atoms with Crippen LogP contribution in [0.2, 0.25) is 0 Å². The third-order valence-electron chi connectivity index (χ3n) is 2.16. The Kier molecular flexibility index (Phi) is 8.70. The van der Waals surface area contributed by atoms with Crippen LogP contribution in [0.5, 0.6) is 0 Å². The molecule has 0 aliphatic rings. The summed E-state index contributed by atoms with van der Waals surface area (Å²) in [6, 6.07) is 7.19. The summed E-state index contributed by atoms with van der Waals surface area (Å²) >= 11 is 0. The van der Waals surface area contributed by atoms with Crippen molar-refractivity contribution in [3.8, 4) is 0 Å². The lowest BCUT2D eigenvalue weighted by Gasteiger charge is -2.07. The molecule has 0 bridgehead atoms. The van der Waals surface area contributed by atoms with Crippen LogP contribution in [0.4, 0.5) is 11.4 Å². The van der Waals surface area contributed by atoms with E-state index in [0.717, 1.165) is 0 Å². The van der Waals surface area contributed by atoms with Crippen LogP contribution in [0.3, 0.4) is 0 Å². The topological polar surface area (TPSA) is 64.3 Å². The van der Waals surface area contributed by atoms with Crippen molar-refractivity contribution in [2.24, 2.45) is 0 Å². The van der Waals surface area contributed by atoms with Crippen molar-refractivity contribution in [2.75, 3.05) is 24.3 Å². The Morgan fingerprint density at radius 2 is 2.17 bits per heavy atom. The van der Waals surface area contributed by atoms with Gasteiger partial charge < -0.3 is 15.8 Å². The number of nitrogens with two attached hydrogens (primary N) is 1. The summed E-state index contributed by atoms with van der Waals surface area (Å²) in [4.78, 5) is 11.6. The van der Waals surface area contributed by atoms with Crippen LogP contribution >= 0.6 is 12.4 Å². The van der Waals surface area contributed by atoms with Gasteiger partial charge >= 0.3 is 0 Å². The number of amides is 1. The van der Waals surface area contributed by atoms with Crippen LogP contribution < -0.4 is 11.1 Å². The summed E-state index contributed by atoms with van der Waals surface area (Å²) in [6.07, 6.45) is 2.79. The highest BCUT2D eigenvalue weighted by molar-refractivity contribution is 5.93. The third kappa shape index (κ3) is 6.27. The molecule has 0 saturated carbocycles. The second-order valence-corrected chi connectivity index (χ2v) is 3.60. The molecule has 3 N–H and O–H groups in total. The molecule has 0 aliphatic heterocycles. The molecule has 1 aromatic rings. The van der Waals surface area contributed by atoms with Gasteiger partial charge in [-0.3, -0.25) is 4.79 Å². The lowest BCUT2D eigenvalue weighted by atomic mass is 10.2. The van der Waals surface area contributed by atoms with Gasteiger partial charge in [0.05, 0.1) is 18.0 Å². The first-order valence-corrected chi connectivity index (χ1v) is 5.57. The lowest BCUT2D eigenvalue weighted by molar-refractivity contribution is -0.116. The number of para-hydroxylation sites is 2. The fourth-order valence-corrected chi connectivity index (χ4v) is 1.33. The van der Waals surface area contributed by atoms with Gasteiger partial charge in [-0.05, 0) is 18.6 Å². The minimum atomic E-state index is -0.0508. The minimum Gasteiger partial charge on any atom is -0.397 e. The van der Waals surface area contributed by atoms with E-state index in [1.54, 1.807) is 18.2 Å². The SMILES string of the molecule is C=CCOCCCC(=O)Nc1ccccc1N.Cl. The maximum absolute atomic E-state index is 11.6. The van der Waals surface area contributed by atoms with Gasteiger partial charge in [-0.2, -0.15) is 0 Å². The van der Waals surface area contributed by atoms with E-state index in [1.165, 1.54) is 0 Å². The van der Waals surface area contributed by atoms with Gasteiger partial charge in [-0.25, -0.2) is 0 Å². The maximum atomic E-state index is 11.6. The second-order valence-electron chi connectivity index (χ2n) is 3.60. The van der Waals surface area contributed by atoms with Gasteiger partial charge in [0, 0.05) is 13.0 Å². The van der Waals surface area contributed by atoms with E-state index < -0.39 is 0 Å². The first-order valence-electron chi connectivity index (χ1n) is 5.57. The molecule has 18 heavy (non-hydrogen) atoms. The quantitative estimate of drug-likeness (QED) is 0.455. The molecule has 4 nitrogen and oxygen atoms in total. The molecule has 100 valence electrons. The molecular formula is C13H19ClN2O2. The molecule has 1 rings (SSSR count). The Morgan fingerprint density at radius 3 is 2.83 bits per heavy atom. The Morgan fingerprint density at radius 1 is 1.44 bits per heavy atom. The highest BCUT2D eigenvalue weighted by atomic mass is 35.5. The standard InChI is InChI=1S/C13H18N2O2.ClH/c1-2-9-17-10-5-8-13(16)15-12-7-4-3-6-11(12)14;/h2-4,6-7H,1,5,8-10,14H2,(H,15,16);1H. The van der Waals surface area contributed by atoms with E-state index >= 15 is 0 Å². The van der Waals surface area contributed by atoms with Crippen molar-refractivity contribution in [3.63, 3.8) is 0 Å². The smallest absolute Gasteiger partial charge is 0.224 e.